The summed E-state index contributed by atoms with van der Waals surface area (Å²) in [6.07, 6.45) is 1.18. The topological polar surface area (TPSA) is 29.5 Å². The summed E-state index contributed by atoms with van der Waals surface area (Å²) < 4.78 is 33.0. The first-order valence-electron chi connectivity index (χ1n) is 6.24. The largest absolute Gasteiger partial charge is 0.383 e. The predicted octanol–water partition coefficient (Wildman–Crippen LogP) is 3.03. The molecule has 0 aromatic heterocycles. The number of nitrogens with zero attached hydrogens (tertiary/aromatic N) is 1. The molecule has 0 saturated carbocycles. The molecule has 0 amide bonds. The minimum Gasteiger partial charge on any atom is -0.383 e. The smallest absolute Gasteiger partial charge is 0.150 e. The molecule has 0 radical (unpaired) electrons. The molecule has 0 N–H and O–H groups in total. The van der Waals surface area contributed by atoms with E-state index in [2.05, 4.69) is 0 Å². The van der Waals surface area contributed by atoms with Gasteiger partial charge in [0.15, 0.2) is 0 Å². The van der Waals surface area contributed by atoms with E-state index in [-0.39, 0.29) is 17.3 Å². The first-order chi connectivity index (χ1) is 9.04. The number of aldehydes is 1. The number of anilines is 1. The molecule has 1 aromatic rings. The van der Waals surface area contributed by atoms with E-state index in [9.17, 15) is 13.6 Å². The first-order valence-corrected chi connectivity index (χ1v) is 6.24. The number of hydrogen-bond donors (Lipinski definition) is 0. The van der Waals surface area contributed by atoms with Crippen molar-refractivity contribution in [3.8, 4) is 0 Å². The number of halogens is 2. The molecule has 0 heterocycles. The average Bonchev–Trinajstić information content (AvgIpc) is 2.40. The van der Waals surface area contributed by atoms with E-state index in [0.29, 0.717) is 19.4 Å². The fourth-order valence-corrected chi connectivity index (χ4v) is 1.89. The fourth-order valence-electron chi connectivity index (χ4n) is 1.89. The van der Waals surface area contributed by atoms with Crippen LogP contribution >= 0.6 is 0 Å². The number of rotatable bonds is 7. The van der Waals surface area contributed by atoms with Crippen LogP contribution in [0.5, 0.6) is 0 Å². The SMILES string of the molecule is CCC(C)N(CCOC)c1c(F)cc(C=O)cc1F. The van der Waals surface area contributed by atoms with Crippen molar-refractivity contribution in [1.82, 2.24) is 0 Å². The molecule has 1 aromatic carbocycles. The Morgan fingerprint density at radius 2 is 1.95 bits per heavy atom. The van der Waals surface area contributed by atoms with Gasteiger partial charge in [0.25, 0.3) is 0 Å². The second-order valence-electron chi connectivity index (χ2n) is 4.39. The van der Waals surface area contributed by atoms with Crippen molar-refractivity contribution in [2.24, 2.45) is 0 Å². The Morgan fingerprint density at radius 1 is 1.37 bits per heavy atom. The third-order valence-corrected chi connectivity index (χ3v) is 3.12. The van der Waals surface area contributed by atoms with E-state index in [0.717, 1.165) is 18.6 Å². The third-order valence-electron chi connectivity index (χ3n) is 3.12. The Labute approximate surface area is 112 Å². The van der Waals surface area contributed by atoms with Gasteiger partial charge >= 0.3 is 0 Å². The number of methoxy groups -OCH3 is 1. The van der Waals surface area contributed by atoms with Crippen LogP contribution in [0, 0.1) is 11.6 Å². The minimum atomic E-state index is -0.724. The van der Waals surface area contributed by atoms with Gasteiger partial charge in [-0.1, -0.05) is 6.92 Å². The monoisotopic (exact) mass is 271 g/mol. The van der Waals surface area contributed by atoms with E-state index in [4.69, 9.17) is 4.74 Å². The number of hydrogen-bond acceptors (Lipinski definition) is 3. The summed E-state index contributed by atoms with van der Waals surface area (Å²) in [6, 6.07) is 2.07. The zero-order valence-electron chi connectivity index (χ0n) is 11.5. The molecule has 106 valence electrons. The Morgan fingerprint density at radius 3 is 2.37 bits per heavy atom. The van der Waals surface area contributed by atoms with Gasteiger partial charge in [-0.15, -0.1) is 0 Å². The molecular formula is C14H19F2NO2. The third kappa shape index (κ3) is 3.73. The molecule has 0 aliphatic heterocycles. The van der Waals surface area contributed by atoms with E-state index in [1.54, 1.807) is 4.90 Å². The predicted molar refractivity (Wildman–Crippen MR) is 70.7 cm³/mol. The molecular weight excluding hydrogens is 252 g/mol. The van der Waals surface area contributed by atoms with Gasteiger partial charge in [0.05, 0.1) is 6.61 Å². The van der Waals surface area contributed by atoms with Gasteiger partial charge in [0, 0.05) is 25.3 Å². The summed E-state index contributed by atoms with van der Waals surface area (Å²) in [5.41, 5.74) is -0.105. The van der Waals surface area contributed by atoms with Crippen LogP contribution in [-0.4, -0.2) is 32.6 Å². The van der Waals surface area contributed by atoms with Gasteiger partial charge in [-0.05, 0) is 25.5 Å². The lowest BCUT2D eigenvalue weighted by atomic mass is 10.1. The van der Waals surface area contributed by atoms with Crippen LogP contribution in [0.25, 0.3) is 0 Å². The highest BCUT2D eigenvalue weighted by atomic mass is 19.1. The van der Waals surface area contributed by atoms with Crippen LogP contribution in [0.1, 0.15) is 30.6 Å². The summed E-state index contributed by atoms with van der Waals surface area (Å²) >= 11 is 0. The summed E-state index contributed by atoms with van der Waals surface area (Å²) in [5, 5.41) is 0. The quantitative estimate of drug-likeness (QED) is 0.714. The van der Waals surface area contributed by atoms with Gasteiger partial charge in [-0.3, -0.25) is 4.79 Å². The summed E-state index contributed by atoms with van der Waals surface area (Å²) in [4.78, 5) is 12.2. The van der Waals surface area contributed by atoms with Crippen molar-refractivity contribution in [2.45, 2.75) is 26.3 Å². The van der Waals surface area contributed by atoms with Gasteiger partial charge in [-0.25, -0.2) is 8.78 Å². The highest BCUT2D eigenvalue weighted by Crippen LogP contribution is 2.27. The van der Waals surface area contributed by atoms with Crippen molar-refractivity contribution in [2.75, 3.05) is 25.2 Å². The second-order valence-corrected chi connectivity index (χ2v) is 4.39. The number of carbonyl (C=O) groups excluding carboxylic acids is 1. The molecule has 0 aliphatic rings. The molecule has 19 heavy (non-hydrogen) atoms. The lowest BCUT2D eigenvalue weighted by Crippen LogP contribution is -2.36. The minimum absolute atomic E-state index is 0.00501. The lowest BCUT2D eigenvalue weighted by molar-refractivity contribution is 0.112. The van der Waals surface area contributed by atoms with Crippen molar-refractivity contribution in [3.05, 3.63) is 29.3 Å². The highest BCUT2D eigenvalue weighted by molar-refractivity contribution is 5.76. The number of ether oxygens (including phenoxy) is 1. The molecule has 0 bridgehead atoms. The van der Waals surface area contributed by atoms with Crippen LogP contribution in [0.4, 0.5) is 14.5 Å². The average molecular weight is 271 g/mol. The zero-order valence-corrected chi connectivity index (χ0v) is 11.5. The molecule has 1 rings (SSSR count). The maximum Gasteiger partial charge on any atom is 0.150 e. The normalized spacial score (nSPS) is 12.3. The standard InChI is InChI=1S/C14H19F2NO2/c1-4-10(2)17(5-6-19-3)14-12(15)7-11(9-18)8-13(14)16/h7-10H,4-6H2,1-3H3. The van der Waals surface area contributed by atoms with Crippen LogP contribution in [0.3, 0.4) is 0 Å². The Balaban J connectivity index is 3.17. The van der Waals surface area contributed by atoms with Crippen LogP contribution in [0.2, 0.25) is 0 Å². The summed E-state index contributed by atoms with van der Waals surface area (Å²) in [5.74, 6) is -1.45. The van der Waals surface area contributed by atoms with Crippen LogP contribution < -0.4 is 4.90 Å². The van der Waals surface area contributed by atoms with Gasteiger partial charge in [0.1, 0.15) is 23.6 Å². The maximum atomic E-state index is 14.0. The summed E-state index contributed by atoms with van der Waals surface area (Å²) in [7, 11) is 1.54. The fraction of sp³-hybridized carbons (Fsp3) is 0.500. The van der Waals surface area contributed by atoms with Crippen LogP contribution in [0.15, 0.2) is 12.1 Å². The highest BCUT2D eigenvalue weighted by Gasteiger charge is 2.21. The van der Waals surface area contributed by atoms with Gasteiger partial charge < -0.3 is 9.64 Å². The Kier molecular flexibility index (Phi) is 5.89. The second kappa shape index (κ2) is 7.19. The molecule has 0 spiro atoms. The Hall–Kier alpha value is -1.49. The molecule has 1 atom stereocenters. The van der Waals surface area contributed by atoms with Crippen molar-refractivity contribution < 1.29 is 18.3 Å². The molecule has 0 fully saturated rings. The van der Waals surface area contributed by atoms with Crippen molar-refractivity contribution in [3.63, 3.8) is 0 Å². The van der Waals surface area contributed by atoms with E-state index >= 15 is 0 Å². The Bertz CT molecular complexity index is 414. The number of carbonyl (C=O) groups is 1. The van der Waals surface area contributed by atoms with Gasteiger partial charge in [0.2, 0.25) is 0 Å². The van der Waals surface area contributed by atoms with E-state index in [1.807, 2.05) is 13.8 Å². The molecule has 3 nitrogen and oxygen atoms in total. The van der Waals surface area contributed by atoms with E-state index < -0.39 is 11.6 Å². The lowest BCUT2D eigenvalue weighted by Gasteiger charge is -2.31. The van der Waals surface area contributed by atoms with Crippen molar-refractivity contribution in [1.29, 1.82) is 0 Å². The van der Waals surface area contributed by atoms with Gasteiger partial charge in [-0.2, -0.15) is 0 Å². The first kappa shape index (κ1) is 15.6. The molecule has 1 unspecified atom stereocenters. The maximum absolute atomic E-state index is 14.0. The van der Waals surface area contributed by atoms with Crippen LogP contribution in [-0.2, 0) is 4.74 Å². The van der Waals surface area contributed by atoms with E-state index in [1.165, 1.54) is 7.11 Å². The number of benzene rings is 1. The molecule has 0 saturated heterocycles. The molecule has 0 aliphatic carbocycles. The zero-order chi connectivity index (χ0) is 14.4. The summed E-state index contributed by atoms with van der Waals surface area (Å²) in [6.45, 7) is 4.60. The molecule has 5 heteroatoms. The van der Waals surface area contributed by atoms with Crippen molar-refractivity contribution >= 4 is 12.0 Å².